The number of hydrogen-bond acceptors (Lipinski definition) is 2. The summed E-state index contributed by atoms with van der Waals surface area (Å²) in [4.78, 5) is 10.2. The molecule has 0 saturated heterocycles. The topological polar surface area (TPSA) is 46.5 Å². The molecule has 92 valence electrons. The molecule has 0 atom stereocenters. The first-order valence-electron chi connectivity index (χ1n) is 4.57. The second-order valence-electron chi connectivity index (χ2n) is 3.15. The van der Waals surface area contributed by atoms with E-state index < -0.39 is 18.8 Å². The quantitative estimate of drug-likeness (QED) is 0.831. The molecular weight excluding hydrogens is 237 g/mol. The lowest BCUT2D eigenvalue weighted by atomic mass is 10.2. The summed E-state index contributed by atoms with van der Waals surface area (Å²) in [5.41, 5.74) is 0.451. The molecule has 0 aliphatic carbocycles. The van der Waals surface area contributed by atoms with Gasteiger partial charge >= 0.3 is 12.1 Å². The van der Waals surface area contributed by atoms with Crippen molar-refractivity contribution in [1.82, 2.24) is 0 Å². The molecule has 1 aromatic rings. The van der Waals surface area contributed by atoms with Crippen LogP contribution < -0.4 is 4.74 Å². The summed E-state index contributed by atoms with van der Waals surface area (Å²) in [6.07, 6.45) is -2.24. The third-order valence-corrected chi connectivity index (χ3v) is 1.68. The maximum absolute atomic E-state index is 11.9. The molecule has 1 rings (SSSR count). The second kappa shape index (κ2) is 5.38. The monoisotopic (exact) mass is 246 g/mol. The van der Waals surface area contributed by atoms with Crippen molar-refractivity contribution in [3.63, 3.8) is 0 Å². The first kappa shape index (κ1) is 13.1. The lowest BCUT2D eigenvalue weighted by molar-refractivity contribution is -0.153. The molecule has 0 spiro atoms. The Balaban J connectivity index is 2.69. The molecule has 0 aromatic heterocycles. The number of halogens is 3. The maximum Gasteiger partial charge on any atom is 0.422 e. The average molecular weight is 246 g/mol. The van der Waals surface area contributed by atoms with Crippen molar-refractivity contribution in [1.29, 1.82) is 0 Å². The molecule has 3 nitrogen and oxygen atoms in total. The number of hydrogen-bond donors (Lipinski definition) is 1. The van der Waals surface area contributed by atoms with E-state index in [2.05, 4.69) is 4.74 Å². The van der Waals surface area contributed by atoms with E-state index >= 15 is 0 Å². The van der Waals surface area contributed by atoms with Gasteiger partial charge in [0.1, 0.15) is 5.75 Å². The fourth-order valence-electron chi connectivity index (χ4n) is 1.04. The van der Waals surface area contributed by atoms with Crippen LogP contribution in [0.15, 0.2) is 30.3 Å². The number of carboxylic acid groups (broad SMARTS) is 1. The summed E-state index contributed by atoms with van der Waals surface area (Å²) in [6, 6.07) is 5.72. The van der Waals surface area contributed by atoms with Gasteiger partial charge in [-0.3, -0.25) is 0 Å². The molecule has 17 heavy (non-hydrogen) atoms. The highest BCUT2D eigenvalue weighted by Crippen LogP contribution is 2.19. The van der Waals surface area contributed by atoms with Crippen LogP contribution in [0.2, 0.25) is 0 Å². The van der Waals surface area contributed by atoms with Gasteiger partial charge in [0.2, 0.25) is 0 Å². The Hall–Kier alpha value is -1.98. The minimum absolute atomic E-state index is 0.0369. The van der Waals surface area contributed by atoms with E-state index in [1.807, 2.05) is 0 Å². The smallest absolute Gasteiger partial charge is 0.422 e. The van der Waals surface area contributed by atoms with Crippen molar-refractivity contribution in [3.8, 4) is 5.75 Å². The number of rotatable bonds is 4. The normalized spacial score (nSPS) is 11.7. The molecule has 0 radical (unpaired) electrons. The van der Waals surface area contributed by atoms with Crippen molar-refractivity contribution in [2.45, 2.75) is 6.18 Å². The largest absolute Gasteiger partial charge is 0.484 e. The van der Waals surface area contributed by atoms with Crippen LogP contribution in [0, 0.1) is 0 Å². The summed E-state index contributed by atoms with van der Waals surface area (Å²) in [6.45, 7) is -1.38. The van der Waals surface area contributed by atoms with Crippen molar-refractivity contribution in [2.24, 2.45) is 0 Å². The number of aliphatic carboxylic acids is 1. The summed E-state index contributed by atoms with van der Waals surface area (Å²) >= 11 is 0. The van der Waals surface area contributed by atoms with Crippen molar-refractivity contribution in [2.75, 3.05) is 6.61 Å². The van der Waals surface area contributed by atoms with Gasteiger partial charge in [-0.15, -0.1) is 0 Å². The van der Waals surface area contributed by atoms with E-state index in [1.54, 1.807) is 6.07 Å². The lowest BCUT2D eigenvalue weighted by Gasteiger charge is -2.09. The van der Waals surface area contributed by atoms with Crippen LogP contribution in [0.5, 0.6) is 5.75 Å². The zero-order valence-electron chi connectivity index (χ0n) is 8.57. The summed E-state index contributed by atoms with van der Waals surface area (Å²) in [7, 11) is 0. The minimum atomic E-state index is -4.40. The first-order chi connectivity index (χ1) is 7.87. The Morgan fingerprint density at radius 2 is 2.12 bits per heavy atom. The predicted molar refractivity (Wildman–Crippen MR) is 54.7 cm³/mol. The molecule has 0 saturated carbocycles. The van der Waals surface area contributed by atoms with Crippen LogP contribution in [-0.2, 0) is 4.79 Å². The van der Waals surface area contributed by atoms with E-state index in [4.69, 9.17) is 5.11 Å². The molecule has 0 heterocycles. The second-order valence-corrected chi connectivity index (χ2v) is 3.15. The van der Waals surface area contributed by atoms with Crippen molar-refractivity contribution < 1.29 is 27.8 Å². The fraction of sp³-hybridized carbons (Fsp3) is 0.182. The lowest BCUT2D eigenvalue weighted by Crippen LogP contribution is -2.19. The van der Waals surface area contributed by atoms with E-state index in [9.17, 15) is 18.0 Å². The molecule has 1 aromatic carbocycles. The van der Waals surface area contributed by atoms with Crippen LogP contribution in [0.4, 0.5) is 13.2 Å². The highest BCUT2D eigenvalue weighted by Gasteiger charge is 2.28. The van der Waals surface area contributed by atoms with Crippen LogP contribution in [-0.4, -0.2) is 23.9 Å². The number of alkyl halides is 3. The van der Waals surface area contributed by atoms with Gasteiger partial charge in [0.15, 0.2) is 6.61 Å². The SMILES string of the molecule is O=C(O)/C=C/c1cccc(OCC(F)(F)F)c1. The van der Waals surface area contributed by atoms with Crippen LogP contribution in [0.3, 0.4) is 0 Å². The van der Waals surface area contributed by atoms with E-state index in [0.717, 1.165) is 6.08 Å². The minimum Gasteiger partial charge on any atom is -0.484 e. The highest BCUT2D eigenvalue weighted by atomic mass is 19.4. The third kappa shape index (κ3) is 5.60. The Bertz CT molecular complexity index is 424. The molecule has 0 aliphatic heterocycles. The Morgan fingerprint density at radius 3 is 2.71 bits per heavy atom. The summed E-state index contributed by atoms with van der Waals surface area (Å²) < 4.78 is 40.1. The van der Waals surface area contributed by atoms with Crippen molar-refractivity contribution >= 4 is 12.0 Å². The van der Waals surface area contributed by atoms with Gasteiger partial charge in [-0.1, -0.05) is 12.1 Å². The van der Waals surface area contributed by atoms with Gasteiger partial charge in [0.25, 0.3) is 0 Å². The zero-order chi connectivity index (χ0) is 12.9. The summed E-state index contributed by atoms with van der Waals surface area (Å²) in [5.74, 6) is -1.10. The van der Waals surface area contributed by atoms with E-state index in [0.29, 0.717) is 5.56 Å². The van der Waals surface area contributed by atoms with E-state index in [-0.39, 0.29) is 5.75 Å². The van der Waals surface area contributed by atoms with Gasteiger partial charge in [-0.25, -0.2) is 4.79 Å². The first-order valence-corrected chi connectivity index (χ1v) is 4.57. The molecule has 1 N–H and O–H groups in total. The van der Waals surface area contributed by atoms with E-state index in [1.165, 1.54) is 24.3 Å². The average Bonchev–Trinajstić information content (AvgIpc) is 2.23. The summed E-state index contributed by atoms with van der Waals surface area (Å²) in [5, 5.41) is 8.39. The molecule has 0 bridgehead atoms. The van der Waals surface area contributed by atoms with Crippen molar-refractivity contribution in [3.05, 3.63) is 35.9 Å². The number of benzene rings is 1. The van der Waals surface area contributed by atoms with Gasteiger partial charge in [0.05, 0.1) is 0 Å². The van der Waals surface area contributed by atoms with Gasteiger partial charge in [-0.2, -0.15) is 13.2 Å². The van der Waals surface area contributed by atoms with Gasteiger partial charge < -0.3 is 9.84 Å². The number of carbonyl (C=O) groups is 1. The molecule has 0 aliphatic rings. The number of carboxylic acids is 1. The van der Waals surface area contributed by atoms with Crippen LogP contribution in [0.1, 0.15) is 5.56 Å². The Morgan fingerprint density at radius 1 is 1.41 bits per heavy atom. The van der Waals surface area contributed by atoms with Gasteiger partial charge in [0, 0.05) is 6.08 Å². The van der Waals surface area contributed by atoms with Gasteiger partial charge in [-0.05, 0) is 23.8 Å². The number of ether oxygens (including phenoxy) is 1. The molecule has 0 fully saturated rings. The maximum atomic E-state index is 11.9. The zero-order valence-corrected chi connectivity index (χ0v) is 8.57. The Kier molecular flexibility index (Phi) is 4.14. The molecular formula is C11H9F3O3. The molecule has 6 heteroatoms. The molecule has 0 amide bonds. The highest BCUT2D eigenvalue weighted by molar-refractivity contribution is 5.85. The third-order valence-electron chi connectivity index (χ3n) is 1.68. The van der Waals surface area contributed by atoms with Crippen LogP contribution >= 0.6 is 0 Å². The Labute approximate surface area is 95.1 Å². The molecule has 0 unspecified atom stereocenters. The standard InChI is InChI=1S/C11H9F3O3/c12-11(13,14)7-17-9-3-1-2-8(6-9)4-5-10(15)16/h1-6H,7H2,(H,15,16)/b5-4+. The van der Waals surface area contributed by atoms with Crippen LogP contribution in [0.25, 0.3) is 6.08 Å². The predicted octanol–water partition coefficient (Wildman–Crippen LogP) is 2.73. The fourth-order valence-corrected chi connectivity index (χ4v) is 1.04.